The minimum Gasteiger partial charge on any atom is -0.469 e. The number of esters is 1. The number of unbranched alkanes of at least 4 members (excludes halogenated alkanes) is 3. The Morgan fingerprint density at radius 3 is 2.43 bits per heavy atom. The highest BCUT2D eigenvalue weighted by atomic mass is 19.1. The van der Waals surface area contributed by atoms with Crippen LogP contribution in [0.15, 0.2) is 0 Å². The quantitative estimate of drug-likeness (QED) is 0.339. The smallest absolute Gasteiger partial charge is 0.305 e. The first-order valence-corrected chi connectivity index (χ1v) is 11.5. The Kier molecular flexibility index (Phi) is 9.68. The monoisotopic (exact) mass is 400 g/mol. The summed E-state index contributed by atoms with van der Waals surface area (Å²) in [4.78, 5) is 11.1. The third-order valence-corrected chi connectivity index (χ3v) is 7.65. The number of halogens is 1. The third-order valence-electron chi connectivity index (χ3n) is 7.65. The molecule has 0 aromatic heterocycles. The molecule has 0 amide bonds. The predicted molar refractivity (Wildman–Crippen MR) is 109 cm³/mol. The fraction of sp³-hybridized carbons (Fsp3) is 0.957. The highest BCUT2D eigenvalue weighted by Gasteiger charge is 2.43. The molecule has 0 spiro atoms. The number of aliphatic hydroxyl groups excluding tert-OH is 2. The summed E-state index contributed by atoms with van der Waals surface area (Å²) in [5.74, 6) is -0.204. The molecule has 4 nitrogen and oxygen atoms in total. The minimum absolute atomic E-state index is 0.0243. The van der Waals surface area contributed by atoms with Gasteiger partial charge in [0.05, 0.1) is 19.3 Å². The highest BCUT2D eigenvalue weighted by molar-refractivity contribution is 5.68. The summed E-state index contributed by atoms with van der Waals surface area (Å²) < 4.78 is 19.1. The van der Waals surface area contributed by atoms with E-state index in [4.69, 9.17) is 0 Å². The van der Waals surface area contributed by atoms with Gasteiger partial charge in [0, 0.05) is 12.8 Å². The largest absolute Gasteiger partial charge is 0.469 e. The first kappa shape index (κ1) is 23.6. The molecule has 28 heavy (non-hydrogen) atoms. The van der Waals surface area contributed by atoms with Crippen molar-refractivity contribution >= 4 is 5.97 Å². The summed E-state index contributed by atoms with van der Waals surface area (Å²) >= 11 is 0. The van der Waals surface area contributed by atoms with Crippen molar-refractivity contribution in [3.63, 3.8) is 0 Å². The first-order chi connectivity index (χ1) is 13.4. The lowest BCUT2D eigenvalue weighted by atomic mass is 9.62. The molecule has 0 unspecified atom stereocenters. The van der Waals surface area contributed by atoms with Crippen LogP contribution in [0, 0.1) is 17.3 Å². The Labute approximate surface area is 170 Å². The van der Waals surface area contributed by atoms with Crippen LogP contribution in [0.2, 0.25) is 0 Å². The average molecular weight is 401 g/mol. The van der Waals surface area contributed by atoms with Gasteiger partial charge in [-0.2, -0.15) is 0 Å². The SMILES string of the molecule is CCC1([C@@H](O)CCC[C@@H]2[C@@H](CCCCCCC(=O)OC)[C@H](F)C[C@H]2O)CCC1. The maximum absolute atomic E-state index is 14.4. The van der Waals surface area contributed by atoms with E-state index in [0.29, 0.717) is 6.42 Å². The molecule has 164 valence electrons. The van der Waals surface area contributed by atoms with Gasteiger partial charge < -0.3 is 14.9 Å². The van der Waals surface area contributed by atoms with Gasteiger partial charge in [-0.1, -0.05) is 39.0 Å². The van der Waals surface area contributed by atoms with Crippen molar-refractivity contribution in [3.8, 4) is 0 Å². The van der Waals surface area contributed by atoms with Gasteiger partial charge in [0.15, 0.2) is 0 Å². The maximum Gasteiger partial charge on any atom is 0.305 e. The molecular weight excluding hydrogens is 359 g/mol. The number of ether oxygens (including phenoxy) is 1. The molecule has 2 rings (SSSR count). The van der Waals surface area contributed by atoms with Gasteiger partial charge in [-0.15, -0.1) is 0 Å². The predicted octanol–water partition coefficient (Wildman–Crippen LogP) is 4.95. The van der Waals surface area contributed by atoms with Crippen LogP contribution < -0.4 is 0 Å². The summed E-state index contributed by atoms with van der Waals surface area (Å²) in [6, 6.07) is 0. The number of carbonyl (C=O) groups excluding carboxylic acids is 1. The topological polar surface area (TPSA) is 66.8 Å². The molecule has 0 radical (unpaired) electrons. The Morgan fingerprint density at radius 2 is 1.82 bits per heavy atom. The molecule has 2 fully saturated rings. The van der Waals surface area contributed by atoms with Gasteiger partial charge >= 0.3 is 5.97 Å². The first-order valence-electron chi connectivity index (χ1n) is 11.5. The summed E-state index contributed by atoms with van der Waals surface area (Å²) in [5.41, 5.74) is 0.126. The molecule has 2 saturated carbocycles. The standard InChI is InChI=1S/C23H41FO4/c1-3-23(14-9-15-23)21(26)12-8-11-18-17(19(24)16-20(18)25)10-6-4-5-7-13-22(27)28-2/h17-21,25-26H,3-16H2,1-2H3/t17-,18-,19-,20-,21+/m1/s1. The van der Waals surface area contributed by atoms with E-state index in [9.17, 15) is 19.4 Å². The van der Waals surface area contributed by atoms with Crippen LogP contribution in [-0.4, -0.2) is 41.7 Å². The van der Waals surface area contributed by atoms with Crippen molar-refractivity contribution in [1.29, 1.82) is 0 Å². The van der Waals surface area contributed by atoms with E-state index in [1.54, 1.807) is 0 Å². The summed E-state index contributed by atoms with van der Waals surface area (Å²) in [6.45, 7) is 2.16. The molecule has 0 bridgehead atoms. The van der Waals surface area contributed by atoms with Gasteiger partial charge in [-0.25, -0.2) is 4.39 Å². The van der Waals surface area contributed by atoms with Crippen LogP contribution in [0.1, 0.15) is 96.8 Å². The summed E-state index contributed by atoms with van der Waals surface area (Å²) in [5, 5.41) is 20.9. The summed E-state index contributed by atoms with van der Waals surface area (Å²) in [6.07, 6.45) is 10.5. The van der Waals surface area contributed by atoms with Crippen LogP contribution in [-0.2, 0) is 9.53 Å². The number of alkyl halides is 1. The van der Waals surface area contributed by atoms with E-state index in [-0.39, 0.29) is 35.7 Å². The van der Waals surface area contributed by atoms with Crippen LogP contribution in [0.4, 0.5) is 4.39 Å². The zero-order valence-corrected chi connectivity index (χ0v) is 17.9. The lowest BCUT2D eigenvalue weighted by molar-refractivity contribution is -0.140. The van der Waals surface area contributed by atoms with Crippen molar-refractivity contribution in [2.24, 2.45) is 17.3 Å². The molecule has 5 heteroatoms. The van der Waals surface area contributed by atoms with Crippen molar-refractivity contribution in [2.45, 2.75) is 115 Å². The van der Waals surface area contributed by atoms with Crippen molar-refractivity contribution in [3.05, 3.63) is 0 Å². The van der Waals surface area contributed by atoms with E-state index in [1.165, 1.54) is 13.5 Å². The molecule has 0 heterocycles. The number of rotatable bonds is 13. The number of carbonyl (C=O) groups is 1. The van der Waals surface area contributed by atoms with Gasteiger partial charge in [0.2, 0.25) is 0 Å². The van der Waals surface area contributed by atoms with Crippen LogP contribution >= 0.6 is 0 Å². The zero-order chi connectivity index (χ0) is 20.6. The second-order valence-electron chi connectivity index (χ2n) is 9.19. The van der Waals surface area contributed by atoms with Crippen LogP contribution in [0.25, 0.3) is 0 Å². The molecule has 0 saturated heterocycles. The van der Waals surface area contributed by atoms with Gasteiger partial charge in [0.25, 0.3) is 0 Å². The van der Waals surface area contributed by atoms with Crippen molar-refractivity contribution in [1.82, 2.24) is 0 Å². The lowest BCUT2D eigenvalue weighted by Gasteiger charge is -2.45. The molecule has 5 atom stereocenters. The normalized spacial score (nSPS) is 30.0. The second-order valence-corrected chi connectivity index (χ2v) is 9.19. The van der Waals surface area contributed by atoms with Gasteiger partial charge in [0.1, 0.15) is 6.17 Å². The molecule has 2 aliphatic carbocycles. The van der Waals surface area contributed by atoms with E-state index in [2.05, 4.69) is 11.7 Å². The van der Waals surface area contributed by atoms with E-state index < -0.39 is 12.3 Å². The van der Waals surface area contributed by atoms with Crippen LogP contribution in [0.3, 0.4) is 0 Å². The molecule has 2 N–H and O–H groups in total. The van der Waals surface area contributed by atoms with E-state index >= 15 is 0 Å². The van der Waals surface area contributed by atoms with Crippen LogP contribution in [0.5, 0.6) is 0 Å². The number of methoxy groups -OCH3 is 1. The third kappa shape index (κ3) is 6.16. The Bertz CT molecular complexity index is 460. The fourth-order valence-corrected chi connectivity index (χ4v) is 5.45. The van der Waals surface area contributed by atoms with E-state index in [0.717, 1.165) is 70.6 Å². The fourth-order valence-electron chi connectivity index (χ4n) is 5.45. The Balaban J connectivity index is 1.68. The Morgan fingerprint density at radius 1 is 1.14 bits per heavy atom. The number of hydrogen-bond donors (Lipinski definition) is 2. The summed E-state index contributed by atoms with van der Waals surface area (Å²) in [7, 11) is 1.41. The molecular formula is C23H41FO4. The van der Waals surface area contributed by atoms with Gasteiger partial charge in [-0.05, 0) is 62.2 Å². The zero-order valence-electron chi connectivity index (χ0n) is 17.9. The van der Waals surface area contributed by atoms with Gasteiger partial charge in [-0.3, -0.25) is 4.79 Å². The average Bonchev–Trinajstić information content (AvgIpc) is 2.90. The molecule has 0 aliphatic heterocycles. The maximum atomic E-state index is 14.4. The molecule has 2 aliphatic rings. The van der Waals surface area contributed by atoms with Crippen molar-refractivity contribution in [2.75, 3.05) is 7.11 Å². The number of aliphatic hydroxyl groups is 2. The second kappa shape index (κ2) is 11.5. The van der Waals surface area contributed by atoms with Crippen molar-refractivity contribution < 1.29 is 24.1 Å². The highest BCUT2D eigenvalue weighted by Crippen LogP contribution is 2.48. The number of hydrogen-bond acceptors (Lipinski definition) is 4. The molecule has 0 aromatic rings. The minimum atomic E-state index is -0.909. The molecule has 0 aromatic carbocycles. The lowest BCUT2D eigenvalue weighted by Crippen LogP contribution is -2.40. The Hall–Kier alpha value is -0.680. The van der Waals surface area contributed by atoms with E-state index in [1.807, 2.05) is 0 Å².